The minimum atomic E-state index is -0.0244. The number of nitrogens with zero attached hydrogens (tertiary/aromatic N) is 2. The van der Waals surface area contributed by atoms with Gasteiger partial charge in [-0.1, -0.05) is 12.7 Å². The number of aromatic nitrogens is 1. The van der Waals surface area contributed by atoms with Gasteiger partial charge >= 0.3 is 0 Å². The molecule has 0 atom stereocenters. The minimum Gasteiger partial charge on any atom is -0.294 e. The zero-order chi connectivity index (χ0) is 12.0. The van der Waals surface area contributed by atoms with Crippen molar-refractivity contribution in [3.8, 4) is 0 Å². The summed E-state index contributed by atoms with van der Waals surface area (Å²) in [5.74, 6) is -0.0244. The number of ketones is 1. The number of carbonyl (C=O) groups is 1. The molecule has 0 N–H and O–H groups in total. The van der Waals surface area contributed by atoms with Gasteiger partial charge in [-0.05, 0) is 40.9 Å². The fourth-order valence-corrected chi connectivity index (χ4v) is 1.51. The molecule has 0 aliphatic carbocycles. The van der Waals surface area contributed by atoms with Gasteiger partial charge in [0.2, 0.25) is 0 Å². The average Bonchev–Trinajstić information content (AvgIpc) is 2.28. The third-order valence-electron chi connectivity index (χ3n) is 1.90. The Balaban J connectivity index is 2.83. The van der Waals surface area contributed by atoms with Gasteiger partial charge in [-0.25, -0.2) is 4.98 Å². The summed E-state index contributed by atoms with van der Waals surface area (Å²) < 4.78 is 0.638. The van der Waals surface area contributed by atoms with Crippen molar-refractivity contribution >= 4 is 28.4 Å². The number of aliphatic imine (C=N–C) groups is 1. The Labute approximate surface area is 103 Å². The summed E-state index contributed by atoms with van der Waals surface area (Å²) in [6.45, 7) is 6.95. The molecule has 4 heteroatoms. The topological polar surface area (TPSA) is 42.3 Å². The van der Waals surface area contributed by atoms with E-state index < -0.39 is 0 Å². The van der Waals surface area contributed by atoms with Gasteiger partial charge in [0.05, 0.1) is 6.42 Å². The molecule has 0 spiro atoms. The molecule has 0 fully saturated rings. The number of allylic oxidation sites excluding steroid dienone is 3. The van der Waals surface area contributed by atoms with E-state index in [-0.39, 0.29) is 12.2 Å². The standard InChI is InChI=1S/C12H11BrN2O/c1-3-4-10(14-2)8-11(16)9-5-6-15-12(13)7-9/h3-7H,1-2,8H2/b10-4-. The lowest BCUT2D eigenvalue weighted by molar-refractivity contribution is 0.0992. The molecule has 1 aromatic rings. The van der Waals surface area contributed by atoms with E-state index >= 15 is 0 Å². The SMILES string of the molecule is C=C/C=C(/CC(=O)c1ccnc(Br)c1)N=C. The number of Topliss-reactive ketones (excluding diaryl/α,β-unsaturated/α-hetero) is 1. The number of halogens is 1. The van der Waals surface area contributed by atoms with Crippen molar-refractivity contribution in [2.75, 3.05) is 0 Å². The third kappa shape index (κ3) is 3.55. The lowest BCUT2D eigenvalue weighted by atomic mass is 10.1. The smallest absolute Gasteiger partial charge is 0.168 e. The first-order valence-electron chi connectivity index (χ1n) is 4.60. The van der Waals surface area contributed by atoms with E-state index in [1.54, 1.807) is 30.5 Å². The van der Waals surface area contributed by atoms with Gasteiger partial charge in [0.1, 0.15) is 4.60 Å². The molecule has 1 aromatic heterocycles. The van der Waals surface area contributed by atoms with Crippen LogP contribution in [0.2, 0.25) is 0 Å². The fraction of sp³-hybridized carbons (Fsp3) is 0.0833. The van der Waals surface area contributed by atoms with Crippen LogP contribution in [0.5, 0.6) is 0 Å². The van der Waals surface area contributed by atoms with Crippen LogP contribution in [0.25, 0.3) is 0 Å². The van der Waals surface area contributed by atoms with E-state index in [1.807, 2.05) is 0 Å². The normalized spacial score (nSPS) is 10.9. The average molecular weight is 279 g/mol. The number of pyridine rings is 1. The van der Waals surface area contributed by atoms with Crippen LogP contribution < -0.4 is 0 Å². The van der Waals surface area contributed by atoms with Gasteiger partial charge < -0.3 is 0 Å². The second-order valence-electron chi connectivity index (χ2n) is 3.02. The molecule has 82 valence electrons. The van der Waals surface area contributed by atoms with Gasteiger partial charge in [0.25, 0.3) is 0 Å². The lowest BCUT2D eigenvalue weighted by Gasteiger charge is -2.01. The first-order chi connectivity index (χ1) is 7.67. The van der Waals surface area contributed by atoms with Crippen molar-refractivity contribution < 1.29 is 4.79 Å². The summed E-state index contributed by atoms with van der Waals surface area (Å²) in [6.07, 6.45) is 5.04. The minimum absolute atomic E-state index is 0.0244. The Hall–Kier alpha value is -1.55. The molecule has 0 saturated carbocycles. The van der Waals surface area contributed by atoms with E-state index in [0.29, 0.717) is 15.9 Å². The number of hydrogen-bond acceptors (Lipinski definition) is 3. The molecule has 0 radical (unpaired) electrons. The maximum Gasteiger partial charge on any atom is 0.168 e. The summed E-state index contributed by atoms with van der Waals surface area (Å²) in [5, 5.41) is 0. The predicted octanol–water partition coefficient (Wildman–Crippen LogP) is 3.19. The zero-order valence-electron chi connectivity index (χ0n) is 8.69. The molecule has 0 amide bonds. The molecule has 0 saturated heterocycles. The summed E-state index contributed by atoms with van der Waals surface area (Å²) >= 11 is 3.21. The third-order valence-corrected chi connectivity index (χ3v) is 2.34. The van der Waals surface area contributed by atoms with Crippen LogP contribution in [0.15, 0.2) is 52.4 Å². The molecule has 3 nitrogen and oxygen atoms in total. The second kappa shape index (κ2) is 6.12. The van der Waals surface area contributed by atoms with E-state index in [4.69, 9.17) is 0 Å². The van der Waals surface area contributed by atoms with Crippen molar-refractivity contribution in [2.24, 2.45) is 4.99 Å². The van der Waals surface area contributed by atoms with Gasteiger partial charge in [0.15, 0.2) is 5.78 Å². The largest absolute Gasteiger partial charge is 0.294 e. The summed E-state index contributed by atoms with van der Waals surface area (Å²) in [6, 6.07) is 3.35. The van der Waals surface area contributed by atoms with Crippen LogP contribution >= 0.6 is 15.9 Å². The van der Waals surface area contributed by atoms with Gasteiger partial charge in [-0.3, -0.25) is 9.79 Å². The Morgan fingerprint density at radius 2 is 2.38 bits per heavy atom. The monoisotopic (exact) mass is 278 g/mol. The number of rotatable bonds is 5. The first kappa shape index (κ1) is 12.5. The van der Waals surface area contributed by atoms with Crippen LogP contribution in [-0.2, 0) is 0 Å². The molecular weight excluding hydrogens is 268 g/mol. The van der Waals surface area contributed by atoms with Gasteiger partial charge in [0, 0.05) is 17.5 Å². The maximum absolute atomic E-state index is 11.8. The van der Waals surface area contributed by atoms with Crippen molar-refractivity contribution in [1.82, 2.24) is 4.98 Å². The van der Waals surface area contributed by atoms with E-state index in [0.717, 1.165) is 0 Å². The Kier molecular flexibility index (Phi) is 4.79. The van der Waals surface area contributed by atoms with Crippen LogP contribution in [0.1, 0.15) is 16.8 Å². The molecule has 1 rings (SSSR count). The van der Waals surface area contributed by atoms with Gasteiger partial charge in [-0.15, -0.1) is 0 Å². The maximum atomic E-state index is 11.8. The quantitative estimate of drug-likeness (QED) is 0.359. The summed E-state index contributed by atoms with van der Waals surface area (Å²) in [5.41, 5.74) is 1.20. The van der Waals surface area contributed by atoms with Crippen LogP contribution in [0.3, 0.4) is 0 Å². The van der Waals surface area contributed by atoms with Crippen molar-refractivity contribution in [1.29, 1.82) is 0 Å². The number of carbonyl (C=O) groups excluding carboxylic acids is 1. The molecule has 0 bridgehead atoms. The highest BCUT2D eigenvalue weighted by Gasteiger charge is 2.08. The molecule has 0 aromatic carbocycles. The highest BCUT2D eigenvalue weighted by molar-refractivity contribution is 9.10. The Morgan fingerprint density at radius 3 is 2.94 bits per heavy atom. The van der Waals surface area contributed by atoms with Crippen molar-refractivity contribution in [3.05, 3.63) is 52.9 Å². The second-order valence-corrected chi connectivity index (χ2v) is 3.83. The lowest BCUT2D eigenvalue weighted by Crippen LogP contribution is -2.00. The van der Waals surface area contributed by atoms with E-state index in [9.17, 15) is 4.79 Å². The Bertz CT molecular complexity index is 452. The molecule has 0 aliphatic heterocycles. The molecule has 0 unspecified atom stereocenters. The predicted molar refractivity (Wildman–Crippen MR) is 68.7 cm³/mol. The van der Waals surface area contributed by atoms with E-state index in [1.165, 1.54) is 0 Å². The zero-order valence-corrected chi connectivity index (χ0v) is 10.3. The summed E-state index contributed by atoms with van der Waals surface area (Å²) in [7, 11) is 0. The van der Waals surface area contributed by atoms with Gasteiger partial charge in [-0.2, -0.15) is 0 Å². The molecule has 0 aliphatic rings. The molecule has 16 heavy (non-hydrogen) atoms. The van der Waals surface area contributed by atoms with Crippen molar-refractivity contribution in [3.63, 3.8) is 0 Å². The highest BCUT2D eigenvalue weighted by atomic mass is 79.9. The van der Waals surface area contributed by atoms with E-state index in [2.05, 4.69) is 39.2 Å². The number of hydrogen-bond donors (Lipinski definition) is 0. The van der Waals surface area contributed by atoms with Crippen LogP contribution in [0.4, 0.5) is 0 Å². The van der Waals surface area contributed by atoms with Crippen LogP contribution in [0, 0.1) is 0 Å². The fourth-order valence-electron chi connectivity index (χ4n) is 1.15. The van der Waals surface area contributed by atoms with Crippen molar-refractivity contribution in [2.45, 2.75) is 6.42 Å². The molecular formula is C12H11BrN2O. The van der Waals surface area contributed by atoms with Crippen LogP contribution in [-0.4, -0.2) is 17.5 Å². The summed E-state index contributed by atoms with van der Waals surface area (Å²) in [4.78, 5) is 19.5. The first-order valence-corrected chi connectivity index (χ1v) is 5.39. The highest BCUT2D eigenvalue weighted by Crippen LogP contribution is 2.13. The molecule has 1 heterocycles. The Morgan fingerprint density at radius 1 is 1.62 bits per heavy atom.